The molecule has 24 heavy (non-hydrogen) atoms. The second kappa shape index (κ2) is 6.24. The van der Waals surface area contributed by atoms with Gasteiger partial charge in [0.1, 0.15) is 0 Å². The molecule has 132 valence electrons. The number of anilines is 1. The first-order chi connectivity index (χ1) is 11.6. The monoisotopic (exact) mass is 352 g/mol. The molecular formula is C16H24N4O3S. The van der Waals surface area contributed by atoms with Crippen molar-refractivity contribution in [2.24, 2.45) is 0 Å². The smallest absolute Gasteiger partial charge is 0.225 e. The van der Waals surface area contributed by atoms with Crippen LogP contribution in [0.15, 0.2) is 18.5 Å². The SMILES string of the molecule is O=S(=O)(NC[C@@H]1CCC[C@]2(CCN(c3ncccn3)C2)O1)C1CC1. The van der Waals surface area contributed by atoms with Gasteiger partial charge in [0.25, 0.3) is 0 Å². The fourth-order valence-electron chi connectivity index (χ4n) is 3.74. The van der Waals surface area contributed by atoms with Gasteiger partial charge in [0, 0.05) is 32.0 Å². The summed E-state index contributed by atoms with van der Waals surface area (Å²) in [6.07, 6.45) is 8.99. The number of aromatic nitrogens is 2. The van der Waals surface area contributed by atoms with Crippen LogP contribution in [0.5, 0.6) is 0 Å². The lowest BCUT2D eigenvalue weighted by atomic mass is 9.90. The van der Waals surface area contributed by atoms with Crippen molar-refractivity contribution in [3.63, 3.8) is 0 Å². The van der Waals surface area contributed by atoms with Crippen molar-refractivity contribution in [3.05, 3.63) is 18.5 Å². The van der Waals surface area contributed by atoms with Gasteiger partial charge in [0.15, 0.2) is 0 Å². The van der Waals surface area contributed by atoms with Crippen molar-refractivity contribution in [2.45, 2.75) is 55.5 Å². The number of rotatable bonds is 5. The van der Waals surface area contributed by atoms with Gasteiger partial charge in [-0.2, -0.15) is 0 Å². The Bertz CT molecular complexity index is 680. The Labute approximate surface area is 142 Å². The summed E-state index contributed by atoms with van der Waals surface area (Å²) in [5, 5.41) is -0.174. The minimum absolute atomic E-state index is 0.0380. The van der Waals surface area contributed by atoms with Crippen LogP contribution in [0.25, 0.3) is 0 Å². The van der Waals surface area contributed by atoms with E-state index in [9.17, 15) is 8.42 Å². The summed E-state index contributed by atoms with van der Waals surface area (Å²) in [6, 6.07) is 1.81. The van der Waals surface area contributed by atoms with Crippen LogP contribution in [0.3, 0.4) is 0 Å². The summed E-state index contributed by atoms with van der Waals surface area (Å²) < 4.78 is 33.1. The molecule has 8 heteroatoms. The van der Waals surface area contributed by atoms with E-state index in [4.69, 9.17) is 4.74 Å². The molecule has 2 atom stereocenters. The fourth-order valence-corrected chi connectivity index (χ4v) is 5.15. The maximum Gasteiger partial charge on any atom is 0.225 e. The summed E-state index contributed by atoms with van der Waals surface area (Å²) in [7, 11) is -3.14. The average Bonchev–Trinajstić information content (AvgIpc) is 3.38. The number of nitrogens with zero attached hydrogens (tertiary/aromatic N) is 3. The number of hydrogen-bond donors (Lipinski definition) is 1. The zero-order valence-electron chi connectivity index (χ0n) is 13.7. The van der Waals surface area contributed by atoms with Crippen molar-refractivity contribution in [1.29, 1.82) is 0 Å². The van der Waals surface area contributed by atoms with E-state index >= 15 is 0 Å². The fraction of sp³-hybridized carbons (Fsp3) is 0.750. The largest absolute Gasteiger partial charge is 0.368 e. The van der Waals surface area contributed by atoms with Gasteiger partial charge in [-0.15, -0.1) is 0 Å². The van der Waals surface area contributed by atoms with Crippen molar-refractivity contribution in [2.75, 3.05) is 24.5 Å². The van der Waals surface area contributed by atoms with Gasteiger partial charge in [-0.1, -0.05) is 0 Å². The molecule has 1 N–H and O–H groups in total. The molecule has 1 aromatic rings. The molecular weight excluding hydrogens is 328 g/mol. The summed E-state index contributed by atoms with van der Waals surface area (Å²) in [6.45, 7) is 2.05. The lowest BCUT2D eigenvalue weighted by Crippen LogP contribution is -2.47. The normalized spacial score (nSPS) is 30.8. The molecule has 1 aromatic heterocycles. The average molecular weight is 352 g/mol. The van der Waals surface area contributed by atoms with Crippen LogP contribution in [0, 0.1) is 0 Å². The summed E-state index contributed by atoms with van der Waals surface area (Å²) >= 11 is 0. The van der Waals surface area contributed by atoms with Gasteiger partial charge in [0.2, 0.25) is 16.0 Å². The number of nitrogens with one attached hydrogen (secondary N) is 1. The number of hydrogen-bond acceptors (Lipinski definition) is 6. The van der Waals surface area contributed by atoms with Crippen LogP contribution in [-0.4, -0.2) is 55.0 Å². The lowest BCUT2D eigenvalue weighted by molar-refractivity contribution is -0.112. The summed E-state index contributed by atoms with van der Waals surface area (Å²) in [5.74, 6) is 0.745. The summed E-state index contributed by atoms with van der Waals surface area (Å²) in [4.78, 5) is 10.8. The van der Waals surface area contributed by atoms with E-state index in [1.165, 1.54) is 0 Å². The van der Waals surface area contributed by atoms with Crippen LogP contribution in [0.4, 0.5) is 5.95 Å². The van der Waals surface area contributed by atoms with E-state index in [1.54, 1.807) is 12.4 Å². The minimum atomic E-state index is -3.14. The van der Waals surface area contributed by atoms with E-state index in [1.807, 2.05) is 6.07 Å². The summed E-state index contributed by atoms with van der Waals surface area (Å²) in [5.41, 5.74) is -0.187. The van der Waals surface area contributed by atoms with Gasteiger partial charge in [-0.25, -0.2) is 23.1 Å². The third-order valence-corrected chi connectivity index (χ3v) is 7.12. The molecule has 2 aliphatic heterocycles. The molecule has 1 aliphatic carbocycles. The van der Waals surface area contributed by atoms with Crippen LogP contribution >= 0.6 is 0 Å². The Morgan fingerprint density at radius 1 is 1.25 bits per heavy atom. The Balaban J connectivity index is 1.36. The van der Waals surface area contributed by atoms with E-state index in [0.717, 1.165) is 57.6 Å². The first-order valence-electron chi connectivity index (χ1n) is 8.75. The Hall–Kier alpha value is -1.25. The molecule has 2 saturated heterocycles. The molecule has 0 amide bonds. The highest BCUT2D eigenvalue weighted by atomic mass is 32.2. The number of sulfonamides is 1. The van der Waals surface area contributed by atoms with Gasteiger partial charge < -0.3 is 9.64 Å². The van der Waals surface area contributed by atoms with Crippen LogP contribution < -0.4 is 9.62 Å². The maximum absolute atomic E-state index is 12.0. The molecule has 7 nitrogen and oxygen atoms in total. The van der Waals surface area contributed by atoms with E-state index in [-0.39, 0.29) is 17.0 Å². The quantitative estimate of drug-likeness (QED) is 0.853. The molecule has 0 radical (unpaired) electrons. The van der Waals surface area contributed by atoms with Crippen LogP contribution in [0.1, 0.15) is 38.5 Å². The Morgan fingerprint density at radius 2 is 2.04 bits per heavy atom. The van der Waals surface area contributed by atoms with Gasteiger partial charge >= 0.3 is 0 Å². The van der Waals surface area contributed by atoms with Crippen molar-refractivity contribution < 1.29 is 13.2 Å². The molecule has 3 aliphatic rings. The number of ether oxygens (including phenoxy) is 1. The Kier molecular flexibility index (Phi) is 4.22. The van der Waals surface area contributed by atoms with E-state index in [0.29, 0.717) is 6.54 Å². The molecule has 0 bridgehead atoms. The minimum Gasteiger partial charge on any atom is -0.368 e. The standard InChI is InChI=1S/C16H24N4O3S/c21-24(22,14-4-5-14)19-11-13-3-1-6-16(23-13)7-10-20(12-16)15-17-8-2-9-18-15/h2,8-9,13-14,19H,1,3-7,10-12H2/t13-,16+/m0/s1. The molecule has 3 heterocycles. The third-order valence-electron chi connectivity index (χ3n) is 5.20. The van der Waals surface area contributed by atoms with Crippen LogP contribution in [0.2, 0.25) is 0 Å². The first-order valence-corrected chi connectivity index (χ1v) is 10.3. The molecule has 3 fully saturated rings. The predicted molar refractivity (Wildman–Crippen MR) is 90.3 cm³/mol. The molecule has 4 rings (SSSR count). The van der Waals surface area contributed by atoms with E-state index < -0.39 is 10.0 Å². The molecule has 0 unspecified atom stereocenters. The zero-order valence-corrected chi connectivity index (χ0v) is 14.5. The molecule has 1 spiro atoms. The second-order valence-electron chi connectivity index (χ2n) is 7.13. The second-order valence-corrected chi connectivity index (χ2v) is 9.17. The third kappa shape index (κ3) is 3.41. The lowest BCUT2D eigenvalue weighted by Gasteiger charge is -2.38. The van der Waals surface area contributed by atoms with E-state index in [2.05, 4.69) is 19.6 Å². The van der Waals surface area contributed by atoms with Crippen molar-refractivity contribution in [1.82, 2.24) is 14.7 Å². The van der Waals surface area contributed by atoms with Gasteiger partial charge in [-0.3, -0.25) is 0 Å². The van der Waals surface area contributed by atoms with Crippen molar-refractivity contribution >= 4 is 16.0 Å². The molecule has 0 aromatic carbocycles. The highest BCUT2D eigenvalue weighted by Crippen LogP contribution is 2.37. The molecule has 1 saturated carbocycles. The highest BCUT2D eigenvalue weighted by Gasteiger charge is 2.44. The first kappa shape index (κ1) is 16.2. The van der Waals surface area contributed by atoms with Crippen molar-refractivity contribution in [3.8, 4) is 0 Å². The topological polar surface area (TPSA) is 84.4 Å². The zero-order chi connectivity index (χ0) is 16.6. The highest BCUT2D eigenvalue weighted by molar-refractivity contribution is 7.90. The Morgan fingerprint density at radius 3 is 2.79 bits per heavy atom. The maximum atomic E-state index is 12.0. The van der Waals surface area contributed by atoms with Gasteiger partial charge in [0.05, 0.1) is 17.0 Å². The predicted octanol–water partition coefficient (Wildman–Crippen LogP) is 1.08. The van der Waals surface area contributed by atoms with Crippen LogP contribution in [-0.2, 0) is 14.8 Å². The van der Waals surface area contributed by atoms with Gasteiger partial charge in [-0.05, 0) is 44.6 Å².